The van der Waals surface area contributed by atoms with Crippen LogP contribution in [0.25, 0.3) is 0 Å². The molecule has 0 unspecified atom stereocenters. The summed E-state index contributed by atoms with van der Waals surface area (Å²) >= 11 is 5.90. The van der Waals surface area contributed by atoms with Crippen LogP contribution >= 0.6 is 11.6 Å². The number of hydrogen-bond acceptors (Lipinski definition) is 1. The van der Waals surface area contributed by atoms with Crippen molar-refractivity contribution in [2.75, 3.05) is 0 Å². The zero-order valence-electron chi connectivity index (χ0n) is 12.6. The maximum Gasteiger partial charge on any atom is 0.251 e. The molecule has 2 aromatic rings. The summed E-state index contributed by atoms with van der Waals surface area (Å²) in [5, 5.41) is 3.73. The number of carbonyl (C=O) groups is 1. The highest BCUT2D eigenvalue weighted by Gasteiger charge is 2.17. The summed E-state index contributed by atoms with van der Waals surface area (Å²) in [6.45, 7) is 5.94. The van der Waals surface area contributed by atoms with Crippen molar-refractivity contribution in [3.63, 3.8) is 0 Å². The van der Waals surface area contributed by atoms with Crippen LogP contribution in [0.3, 0.4) is 0 Å². The third-order valence-electron chi connectivity index (χ3n) is 3.06. The normalized spacial score (nSPS) is 11.2. The highest BCUT2D eigenvalue weighted by molar-refractivity contribution is 6.30. The zero-order chi connectivity index (χ0) is 15.5. The van der Waals surface area contributed by atoms with Crippen molar-refractivity contribution in [2.24, 2.45) is 0 Å². The average molecular weight is 302 g/mol. The lowest BCUT2D eigenvalue weighted by Gasteiger charge is -2.21. The molecule has 0 heterocycles. The van der Waals surface area contributed by atoms with Crippen LogP contribution in [-0.4, -0.2) is 11.4 Å². The summed E-state index contributed by atoms with van der Waals surface area (Å²) in [6, 6.07) is 15.4. The molecular formula is C18H20ClNO. The summed E-state index contributed by atoms with van der Waals surface area (Å²) in [4.78, 5) is 12.4. The molecule has 1 amide bonds. The molecule has 2 nitrogen and oxygen atoms in total. The van der Waals surface area contributed by atoms with Gasteiger partial charge in [0.2, 0.25) is 0 Å². The third kappa shape index (κ3) is 4.61. The van der Waals surface area contributed by atoms with Gasteiger partial charge in [-0.25, -0.2) is 0 Å². The summed E-state index contributed by atoms with van der Waals surface area (Å²) in [6.07, 6.45) is 0.713. The van der Waals surface area contributed by atoms with E-state index in [4.69, 9.17) is 11.6 Å². The molecule has 1 N–H and O–H groups in total. The minimum Gasteiger partial charge on any atom is -0.347 e. The molecule has 0 aromatic heterocycles. The second kappa shape index (κ2) is 6.31. The van der Waals surface area contributed by atoms with Crippen molar-refractivity contribution in [2.45, 2.75) is 32.7 Å². The second-order valence-electron chi connectivity index (χ2n) is 6.16. The molecule has 2 aromatic carbocycles. The monoisotopic (exact) mass is 301 g/mol. The Kier molecular flexibility index (Phi) is 4.69. The predicted octanol–water partition coefficient (Wildman–Crippen LogP) is 4.46. The van der Waals surface area contributed by atoms with Gasteiger partial charge in [-0.15, -0.1) is 0 Å². The molecule has 0 atom stereocenters. The maximum absolute atomic E-state index is 12.4. The van der Waals surface area contributed by atoms with Crippen molar-refractivity contribution in [3.05, 3.63) is 70.2 Å². The fourth-order valence-electron chi connectivity index (χ4n) is 2.13. The van der Waals surface area contributed by atoms with Crippen molar-refractivity contribution >= 4 is 17.5 Å². The third-order valence-corrected chi connectivity index (χ3v) is 3.31. The first-order chi connectivity index (χ1) is 9.85. The Morgan fingerprint density at radius 2 is 1.67 bits per heavy atom. The second-order valence-corrected chi connectivity index (χ2v) is 6.60. The van der Waals surface area contributed by atoms with Gasteiger partial charge < -0.3 is 5.32 Å². The van der Waals surface area contributed by atoms with Gasteiger partial charge in [-0.05, 0) is 56.5 Å². The van der Waals surface area contributed by atoms with Gasteiger partial charge in [0.1, 0.15) is 0 Å². The summed E-state index contributed by atoms with van der Waals surface area (Å²) in [5.41, 5.74) is 2.63. The lowest BCUT2D eigenvalue weighted by atomic mass is 9.98. The van der Waals surface area contributed by atoms with E-state index in [0.29, 0.717) is 6.42 Å². The van der Waals surface area contributed by atoms with Crippen LogP contribution < -0.4 is 5.32 Å². The van der Waals surface area contributed by atoms with E-state index < -0.39 is 0 Å². The van der Waals surface area contributed by atoms with Crippen molar-refractivity contribution < 1.29 is 4.79 Å². The molecule has 0 aliphatic carbocycles. The van der Waals surface area contributed by atoms with Crippen LogP contribution in [0.4, 0.5) is 0 Å². The Labute approximate surface area is 131 Å². The van der Waals surface area contributed by atoms with Crippen LogP contribution in [-0.2, 0) is 6.42 Å². The minimum absolute atomic E-state index is 0.0351. The fourth-order valence-corrected chi connectivity index (χ4v) is 2.25. The molecule has 0 radical (unpaired) electrons. The van der Waals surface area contributed by atoms with E-state index in [1.165, 1.54) is 0 Å². The molecular weight excluding hydrogens is 282 g/mol. The Morgan fingerprint density at radius 3 is 2.29 bits per heavy atom. The number of amides is 1. The minimum atomic E-state index is -0.246. The van der Waals surface area contributed by atoms with Gasteiger partial charge in [-0.2, -0.15) is 0 Å². The predicted molar refractivity (Wildman–Crippen MR) is 87.9 cm³/mol. The maximum atomic E-state index is 12.4. The van der Waals surface area contributed by atoms with E-state index in [-0.39, 0.29) is 11.4 Å². The quantitative estimate of drug-likeness (QED) is 0.891. The topological polar surface area (TPSA) is 29.1 Å². The first kappa shape index (κ1) is 15.6. The van der Waals surface area contributed by atoms with Gasteiger partial charge in [-0.3, -0.25) is 4.79 Å². The first-order valence-corrected chi connectivity index (χ1v) is 7.38. The number of nitrogens with one attached hydrogen (secondary N) is 1. The summed E-state index contributed by atoms with van der Waals surface area (Å²) < 4.78 is 0. The van der Waals surface area contributed by atoms with Crippen LogP contribution in [0.2, 0.25) is 5.02 Å². The van der Waals surface area contributed by atoms with Crippen LogP contribution in [0, 0.1) is 0 Å². The molecule has 21 heavy (non-hydrogen) atoms. The van der Waals surface area contributed by atoms with Gasteiger partial charge in [0, 0.05) is 16.1 Å². The lowest BCUT2D eigenvalue weighted by molar-refractivity contribution is 0.0918. The Hall–Kier alpha value is -1.80. The van der Waals surface area contributed by atoms with Crippen molar-refractivity contribution in [1.29, 1.82) is 0 Å². The van der Waals surface area contributed by atoms with E-state index in [2.05, 4.69) is 5.32 Å². The van der Waals surface area contributed by atoms with Gasteiger partial charge in [0.15, 0.2) is 0 Å². The lowest BCUT2D eigenvalue weighted by Crippen LogP contribution is -2.40. The van der Waals surface area contributed by atoms with E-state index in [0.717, 1.165) is 21.7 Å². The molecule has 0 fully saturated rings. The zero-order valence-corrected chi connectivity index (χ0v) is 13.4. The molecule has 0 bridgehead atoms. The highest BCUT2D eigenvalue weighted by Crippen LogP contribution is 2.17. The molecule has 2 rings (SSSR count). The SMILES string of the molecule is CC(C)(C)NC(=O)c1ccccc1Cc1ccc(Cl)cc1. The van der Waals surface area contributed by atoms with Gasteiger partial charge >= 0.3 is 0 Å². The number of benzene rings is 2. The van der Waals surface area contributed by atoms with E-state index in [9.17, 15) is 4.79 Å². The van der Waals surface area contributed by atoms with Crippen LogP contribution in [0.5, 0.6) is 0 Å². The number of rotatable bonds is 3. The Morgan fingerprint density at radius 1 is 1.05 bits per heavy atom. The van der Waals surface area contributed by atoms with Gasteiger partial charge in [0.05, 0.1) is 0 Å². The van der Waals surface area contributed by atoms with E-state index in [1.54, 1.807) is 0 Å². The fraction of sp³-hybridized carbons (Fsp3) is 0.278. The van der Waals surface area contributed by atoms with Crippen LogP contribution in [0.1, 0.15) is 42.3 Å². The highest BCUT2D eigenvalue weighted by atomic mass is 35.5. The standard InChI is InChI=1S/C18H20ClNO/c1-18(2,3)20-17(21)16-7-5-4-6-14(16)12-13-8-10-15(19)11-9-13/h4-11H,12H2,1-3H3,(H,20,21). The Bertz CT molecular complexity index is 626. The van der Waals surface area contributed by atoms with Crippen LogP contribution in [0.15, 0.2) is 48.5 Å². The molecule has 3 heteroatoms. The average Bonchev–Trinajstić information content (AvgIpc) is 2.40. The first-order valence-electron chi connectivity index (χ1n) is 7.00. The molecule has 0 aliphatic rings. The molecule has 0 saturated carbocycles. The van der Waals surface area contributed by atoms with E-state index in [1.807, 2.05) is 69.3 Å². The Balaban J connectivity index is 2.24. The molecule has 110 valence electrons. The van der Waals surface area contributed by atoms with Gasteiger partial charge in [-0.1, -0.05) is 41.9 Å². The molecule has 0 aliphatic heterocycles. The number of halogens is 1. The number of hydrogen-bond donors (Lipinski definition) is 1. The summed E-state index contributed by atoms with van der Waals surface area (Å²) in [5.74, 6) is -0.0351. The van der Waals surface area contributed by atoms with E-state index >= 15 is 0 Å². The largest absolute Gasteiger partial charge is 0.347 e. The van der Waals surface area contributed by atoms with Crippen molar-refractivity contribution in [3.8, 4) is 0 Å². The molecule has 0 saturated heterocycles. The van der Waals surface area contributed by atoms with Gasteiger partial charge in [0.25, 0.3) is 5.91 Å². The molecule has 0 spiro atoms. The summed E-state index contributed by atoms with van der Waals surface area (Å²) in [7, 11) is 0. The number of carbonyl (C=O) groups excluding carboxylic acids is 1. The smallest absolute Gasteiger partial charge is 0.251 e. The van der Waals surface area contributed by atoms with Crippen molar-refractivity contribution in [1.82, 2.24) is 5.32 Å².